The molecule has 4 heteroatoms. The molecule has 1 saturated heterocycles. The van der Waals surface area contributed by atoms with Crippen molar-refractivity contribution < 1.29 is 4.74 Å². The van der Waals surface area contributed by atoms with Crippen LogP contribution in [0.4, 0.5) is 5.69 Å². The number of nitrogens with one attached hydrogen (secondary N) is 1. The van der Waals surface area contributed by atoms with Gasteiger partial charge in [0, 0.05) is 29.3 Å². The fourth-order valence-corrected chi connectivity index (χ4v) is 2.83. The third-order valence-electron chi connectivity index (χ3n) is 3.24. The molecule has 2 rings (SSSR count). The molecule has 0 aromatic heterocycles. The lowest BCUT2D eigenvalue weighted by atomic mass is 10.1. The average molecular weight is 299 g/mol. The van der Waals surface area contributed by atoms with Crippen molar-refractivity contribution in [1.82, 2.24) is 5.32 Å². The molecule has 1 aliphatic heterocycles. The van der Waals surface area contributed by atoms with E-state index in [0.717, 1.165) is 35.8 Å². The monoisotopic (exact) mass is 298 g/mol. The van der Waals surface area contributed by atoms with Gasteiger partial charge in [0.2, 0.25) is 0 Å². The van der Waals surface area contributed by atoms with Gasteiger partial charge >= 0.3 is 0 Å². The maximum atomic E-state index is 5.30. The highest BCUT2D eigenvalue weighted by molar-refractivity contribution is 9.10. The van der Waals surface area contributed by atoms with Crippen molar-refractivity contribution in [1.29, 1.82) is 0 Å². The Kier molecular flexibility index (Phi) is 4.29. The normalized spacial score (nSPS) is 19.7. The second-order valence-corrected chi connectivity index (χ2v) is 5.42. The second kappa shape index (κ2) is 5.74. The fraction of sp³-hybridized carbons (Fsp3) is 0.538. The van der Waals surface area contributed by atoms with E-state index in [1.54, 1.807) is 7.11 Å². The molecule has 1 atom stereocenters. The molecule has 1 fully saturated rings. The number of anilines is 1. The Morgan fingerprint density at radius 1 is 1.47 bits per heavy atom. The fourth-order valence-electron chi connectivity index (χ4n) is 2.37. The van der Waals surface area contributed by atoms with Gasteiger partial charge in [-0.25, -0.2) is 0 Å². The van der Waals surface area contributed by atoms with E-state index in [2.05, 4.69) is 38.3 Å². The van der Waals surface area contributed by atoms with Gasteiger partial charge in [-0.3, -0.25) is 0 Å². The molecule has 0 amide bonds. The molecule has 1 unspecified atom stereocenters. The number of methoxy groups -OCH3 is 1. The van der Waals surface area contributed by atoms with E-state index in [1.807, 2.05) is 13.1 Å². The van der Waals surface area contributed by atoms with Crippen molar-refractivity contribution in [2.24, 2.45) is 5.92 Å². The molecule has 17 heavy (non-hydrogen) atoms. The van der Waals surface area contributed by atoms with Gasteiger partial charge in [0.25, 0.3) is 0 Å². The number of halogens is 1. The number of benzene rings is 1. The molecule has 1 heterocycles. The molecule has 1 aromatic rings. The lowest BCUT2D eigenvalue weighted by Crippen LogP contribution is -2.24. The minimum atomic E-state index is 0.755. The molecule has 0 aliphatic carbocycles. The first-order valence-electron chi connectivity index (χ1n) is 5.97. The predicted molar refractivity (Wildman–Crippen MR) is 74.9 cm³/mol. The molecule has 1 N–H and O–H groups in total. The minimum Gasteiger partial charge on any atom is -0.497 e. The highest BCUT2D eigenvalue weighted by atomic mass is 79.9. The molecule has 0 spiro atoms. The van der Waals surface area contributed by atoms with Crippen LogP contribution in [-0.2, 0) is 0 Å². The molecule has 94 valence electrons. The highest BCUT2D eigenvalue weighted by Gasteiger charge is 2.22. The summed E-state index contributed by atoms with van der Waals surface area (Å²) in [5.74, 6) is 1.66. The summed E-state index contributed by atoms with van der Waals surface area (Å²) in [5, 5.41) is 3.25. The Hall–Kier alpha value is -0.740. The largest absolute Gasteiger partial charge is 0.497 e. The van der Waals surface area contributed by atoms with Crippen LogP contribution in [0.1, 0.15) is 6.42 Å². The van der Waals surface area contributed by atoms with Crippen LogP contribution in [0.15, 0.2) is 22.7 Å². The third kappa shape index (κ3) is 3.13. The summed E-state index contributed by atoms with van der Waals surface area (Å²) >= 11 is 3.53. The summed E-state index contributed by atoms with van der Waals surface area (Å²) in [6, 6.07) is 6.25. The number of hydrogen-bond donors (Lipinski definition) is 1. The summed E-state index contributed by atoms with van der Waals surface area (Å²) in [4.78, 5) is 2.43. The number of ether oxygens (including phenoxy) is 1. The van der Waals surface area contributed by atoms with Gasteiger partial charge in [-0.2, -0.15) is 0 Å². The quantitative estimate of drug-likeness (QED) is 0.924. The first-order chi connectivity index (χ1) is 8.22. The first kappa shape index (κ1) is 12.7. The Morgan fingerprint density at radius 2 is 2.29 bits per heavy atom. The summed E-state index contributed by atoms with van der Waals surface area (Å²) in [5.41, 5.74) is 1.25. The van der Waals surface area contributed by atoms with Gasteiger partial charge < -0.3 is 15.0 Å². The lowest BCUT2D eigenvalue weighted by Gasteiger charge is -2.20. The Morgan fingerprint density at radius 3 is 3.00 bits per heavy atom. The second-order valence-electron chi connectivity index (χ2n) is 4.51. The van der Waals surface area contributed by atoms with Crippen LogP contribution in [0, 0.1) is 5.92 Å². The van der Waals surface area contributed by atoms with Crippen LogP contribution in [0.2, 0.25) is 0 Å². The van der Waals surface area contributed by atoms with E-state index in [9.17, 15) is 0 Å². The zero-order valence-electron chi connectivity index (χ0n) is 10.4. The third-order valence-corrected chi connectivity index (χ3v) is 3.69. The molecule has 0 saturated carbocycles. The van der Waals surface area contributed by atoms with Gasteiger partial charge in [-0.05, 0) is 38.1 Å². The summed E-state index contributed by atoms with van der Waals surface area (Å²) in [6.45, 7) is 3.36. The maximum absolute atomic E-state index is 5.30. The molecule has 0 radical (unpaired) electrons. The smallest absolute Gasteiger partial charge is 0.122 e. The van der Waals surface area contributed by atoms with Crippen LogP contribution in [0.5, 0.6) is 5.75 Å². The number of hydrogen-bond acceptors (Lipinski definition) is 3. The summed E-state index contributed by atoms with van der Waals surface area (Å²) in [6.07, 6.45) is 1.26. The standard InChI is InChI=1S/C13H19BrN2O/c1-15-8-10-3-4-16(9-10)12-5-11(14)6-13(7-12)17-2/h5-7,10,15H,3-4,8-9H2,1-2H3. The van der Waals surface area contributed by atoms with Gasteiger partial charge in [0.15, 0.2) is 0 Å². The molecule has 3 nitrogen and oxygen atoms in total. The number of nitrogens with zero attached hydrogens (tertiary/aromatic N) is 1. The Bertz CT molecular complexity index is 384. The van der Waals surface area contributed by atoms with Crippen LogP contribution < -0.4 is 15.0 Å². The molecule has 0 bridgehead atoms. The van der Waals surface area contributed by atoms with Crippen molar-refractivity contribution in [3.05, 3.63) is 22.7 Å². The average Bonchev–Trinajstić information content (AvgIpc) is 2.77. The summed E-state index contributed by atoms with van der Waals surface area (Å²) < 4.78 is 6.37. The topological polar surface area (TPSA) is 24.5 Å². The molecule has 1 aromatic carbocycles. The molecule has 1 aliphatic rings. The molecular formula is C13H19BrN2O. The van der Waals surface area contributed by atoms with E-state index in [0.29, 0.717) is 0 Å². The Labute approximate surface area is 111 Å². The van der Waals surface area contributed by atoms with Crippen LogP contribution >= 0.6 is 15.9 Å². The van der Waals surface area contributed by atoms with Gasteiger partial charge in [-0.15, -0.1) is 0 Å². The van der Waals surface area contributed by atoms with Crippen LogP contribution in [-0.4, -0.2) is 33.8 Å². The van der Waals surface area contributed by atoms with E-state index in [4.69, 9.17) is 4.74 Å². The maximum Gasteiger partial charge on any atom is 0.122 e. The highest BCUT2D eigenvalue weighted by Crippen LogP contribution is 2.30. The Balaban J connectivity index is 2.10. The van der Waals surface area contributed by atoms with Gasteiger partial charge in [0.1, 0.15) is 5.75 Å². The lowest BCUT2D eigenvalue weighted by molar-refractivity contribution is 0.414. The van der Waals surface area contributed by atoms with Crippen molar-refractivity contribution in [3.63, 3.8) is 0 Å². The van der Waals surface area contributed by atoms with Gasteiger partial charge in [-0.1, -0.05) is 15.9 Å². The van der Waals surface area contributed by atoms with Gasteiger partial charge in [0.05, 0.1) is 7.11 Å². The zero-order chi connectivity index (χ0) is 12.3. The van der Waals surface area contributed by atoms with E-state index >= 15 is 0 Å². The van der Waals surface area contributed by atoms with E-state index in [-0.39, 0.29) is 0 Å². The van der Waals surface area contributed by atoms with Crippen LogP contribution in [0.3, 0.4) is 0 Å². The van der Waals surface area contributed by atoms with Crippen molar-refractivity contribution >= 4 is 21.6 Å². The summed E-state index contributed by atoms with van der Waals surface area (Å²) in [7, 11) is 3.73. The number of rotatable bonds is 4. The predicted octanol–water partition coefficient (Wildman–Crippen LogP) is 2.50. The molecular weight excluding hydrogens is 280 g/mol. The SMILES string of the molecule is CNCC1CCN(c2cc(Br)cc(OC)c2)C1. The van der Waals surface area contributed by atoms with E-state index in [1.165, 1.54) is 12.1 Å². The van der Waals surface area contributed by atoms with Crippen molar-refractivity contribution in [2.45, 2.75) is 6.42 Å². The van der Waals surface area contributed by atoms with Crippen LogP contribution in [0.25, 0.3) is 0 Å². The zero-order valence-corrected chi connectivity index (χ0v) is 12.0. The first-order valence-corrected chi connectivity index (χ1v) is 6.76. The minimum absolute atomic E-state index is 0.755. The van der Waals surface area contributed by atoms with Crippen molar-refractivity contribution in [3.8, 4) is 5.75 Å². The van der Waals surface area contributed by atoms with Crippen molar-refractivity contribution in [2.75, 3.05) is 38.7 Å². The van der Waals surface area contributed by atoms with E-state index < -0.39 is 0 Å².